The third-order valence-electron chi connectivity index (χ3n) is 7.01. The second kappa shape index (κ2) is 9.99. The molecule has 0 spiro atoms. The minimum atomic E-state index is -3.60. The zero-order valence-corrected chi connectivity index (χ0v) is 22.3. The van der Waals surface area contributed by atoms with Gasteiger partial charge in [-0.25, -0.2) is 8.42 Å². The molecule has 0 unspecified atom stereocenters. The Bertz CT molecular complexity index is 1500. The van der Waals surface area contributed by atoms with Gasteiger partial charge in [0.15, 0.2) is 14.6 Å². The monoisotopic (exact) mass is 546 g/mol. The number of hydrogen-bond acceptors (Lipinski definition) is 6. The topological polar surface area (TPSA) is 92.1 Å². The molecule has 3 heterocycles. The molecule has 2 aliphatic heterocycles. The van der Waals surface area contributed by atoms with Crippen LogP contribution in [0.5, 0.6) is 0 Å². The molecule has 0 saturated carbocycles. The summed E-state index contributed by atoms with van der Waals surface area (Å²) in [5, 5.41) is 4.10. The first-order valence-electron chi connectivity index (χ1n) is 11.9. The van der Waals surface area contributed by atoms with Gasteiger partial charge in [0.1, 0.15) is 5.69 Å². The summed E-state index contributed by atoms with van der Waals surface area (Å²) in [6.07, 6.45) is 1.31. The van der Waals surface area contributed by atoms with Crippen LogP contribution in [-0.4, -0.2) is 73.1 Å². The molecule has 0 radical (unpaired) electrons. The maximum absolute atomic E-state index is 13.0. The van der Waals surface area contributed by atoms with E-state index in [0.29, 0.717) is 43.2 Å². The lowest BCUT2D eigenvalue weighted by molar-refractivity contribution is -0.132. The number of likely N-dealkylation sites (tertiary alicyclic amines) is 1. The number of aromatic nitrogens is 1. The number of fused-ring (bicyclic) bond motifs is 2. The predicted molar refractivity (Wildman–Crippen MR) is 140 cm³/mol. The number of halogens is 1. The molecule has 2 aromatic carbocycles. The van der Waals surface area contributed by atoms with Crippen LogP contribution in [0, 0.1) is 0 Å². The highest BCUT2D eigenvalue weighted by atomic mass is 35.5. The Morgan fingerprint density at radius 1 is 1.08 bits per heavy atom. The van der Waals surface area contributed by atoms with E-state index in [9.17, 15) is 18.0 Å². The number of carbonyl (C=O) groups excluding carboxylic acids is 2. The molecule has 5 rings (SSSR count). The smallest absolute Gasteiger partial charge is 0.271 e. The van der Waals surface area contributed by atoms with Crippen LogP contribution < -0.4 is 4.80 Å². The Hall–Kier alpha value is -2.69. The molecule has 0 N–H and O–H groups in total. The van der Waals surface area contributed by atoms with Crippen LogP contribution in [0.3, 0.4) is 0 Å². The second-order valence-corrected chi connectivity index (χ2v) is 12.5. The molecule has 36 heavy (non-hydrogen) atoms. The third kappa shape index (κ3) is 4.81. The van der Waals surface area contributed by atoms with Crippen molar-refractivity contribution in [2.24, 2.45) is 4.99 Å². The van der Waals surface area contributed by atoms with E-state index in [1.54, 1.807) is 48.3 Å². The van der Waals surface area contributed by atoms with Crippen LogP contribution >= 0.6 is 22.9 Å². The van der Waals surface area contributed by atoms with Gasteiger partial charge in [0, 0.05) is 56.1 Å². The lowest BCUT2D eigenvalue weighted by Crippen LogP contribution is -2.52. The van der Waals surface area contributed by atoms with Gasteiger partial charge in [0.2, 0.25) is 5.91 Å². The van der Waals surface area contributed by atoms with Crippen molar-refractivity contribution in [3.8, 4) is 0 Å². The van der Waals surface area contributed by atoms with E-state index in [4.69, 9.17) is 11.6 Å². The van der Waals surface area contributed by atoms with E-state index in [0.717, 1.165) is 22.1 Å². The summed E-state index contributed by atoms with van der Waals surface area (Å²) in [5.74, 6) is -0.390. The Morgan fingerprint density at radius 2 is 1.81 bits per heavy atom. The fraction of sp³-hybridized carbons (Fsp3) is 0.400. The van der Waals surface area contributed by atoms with Gasteiger partial charge in [0.05, 0.1) is 10.6 Å². The van der Waals surface area contributed by atoms with Gasteiger partial charge in [-0.3, -0.25) is 14.6 Å². The number of carbonyl (C=O) groups is 2. The first-order chi connectivity index (χ1) is 17.3. The Morgan fingerprint density at radius 3 is 2.56 bits per heavy atom. The maximum Gasteiger partial charge on any atom is 0.271 e. The van der Waals surface area contributed by atoms with Crippen LogP contribution in [0.15, 0.2) is 51.7 Å². The molecule has 2 amide bonds. The molecular weight excluding hydrogens is 520 g/mol. The molecule has 2 aliphatic rings. The first kappa shape index (κ1) is 25.0. The van der Waals surface area contributed by atoms with Crippen molar-refractivity contribution in [2.75, 3.05) is 32.4 Å². The van der Waals surface area contributed by atoms with Crippen molar-refractivity contribution in [2.45, 2.75) is 36.7 Å². The van der Waals surface area contributed by atoms with Gasteiger partial charge >= 0.3 is 0 Å². The summed E-state index contributed by atoms with van der Waals surface area (Å²) < 4.78 is 27.8. The molecule has 0 aliphatic carbocycles. The van der Waals surface area contributed by atoms with E-state index < -0.39 is 9.84 Å². The zero-order chi connectivity index (χ0) is 25.4. The SMILES string of the molecule is CN=c1scc2n1CCN(C1CCN(C(=O)CCS(=O)(=O)c3ccc4cc(Cl)ccc4c3)CC1)C2=O. The van der Waals surface area contributed by atoms with Crippen molar-refractivity contribution in [1.82, 2.24) is 14.4 Å². The number of sulfone groups is 1. The lowest BCUT2D eigenvalue weighted by atomic mass is 10.0. The van der Waals surface area contributed by atoms with Crippen molar-refractivity contribution in [3.63, 3.8) is 0 Å². The quantitative estimate of drug-likeness (QED) is 0.491. The molecule has 8 nitrogen and oxygen atoms in total. The largest absolute Gasteiger partial charge is 0.343 e. The summed E-state index contributed by atoms with van der Waals surface area (Å²) in [4.78, 5) is 34.8. The number of hydrogen-bond donors (Lipinski definition) is 0. The summed E-state index contributed by atoms with van der Waals surface area (Å²) in [7, 11) is -1.87. The van der Waals surface area contributed by atoms with Gasteiger partial charge in [0.25, 0.3) is 5.91 Å². The normalized spacial score (nSPS) is 17.6. The van der Waals surface area contributed by atoms with E-state index in [1.165, 1.54) is 11.3 Å². The molecule has 3 aromatic rings. The molecule has 0 atom stereocenters. The first-order valence-corrected chi connectivity index (χ1v) is 14.8. The number of rotatable bonds is 5. The van der Waals surface area contributed by atoms with E-state index in [2.05, 4.69) is 4.99 Å². The van der Waals surface area contributed by atoms with Crippen LogP contribution in [-0.2, 0) is 21.2 Å². The van der Waals surface area contributed by atoms with Crippen molar-refractivity contribution in [3.05, 3.63) is 57.3 Å². The second-order valence-electron chi connectivity index (χ2n) is 9.11. The molecule has 1 aromatic heterocycles. The van der Waals surface area contributed by atoms with Gasteiger partial charge in [-0.2, -0.15) is 0 Å². The number of benzene rings is 2. The average Bonchev–Trinajstić information content (AvgIpc) is 3.31. The molecular formula is C25H27ClN4O4S2. The highest BCUT2D eigenvalue weighted by Gasteiger charge is 2.34. The van der Waals surface area contributed by atoms with E-state index in [1.807, 2.05) is 14.8 Å². The fourth-order valence-electron chi connectivity index (χ4n) is 5.01. The molecule has 190 valence electrons. The van der Waals surface area contributed by atoms with Crippen molar-refractivity contribution < 1.29 is 18.0 Å². The van der Waals surface area contributed by atoms with Gasteiger partial charge in [-0.05, 0) is 47.9 Å². The van der Waals surface area contributed by atoms with Crippen LogP contribution in [0.1, 0.15) is 29.8 Å². The minimum Gasteiger partial charge on any atom is -0.343 e. The predicted octanol–water partition coefficient (Wildman–Crippen LogP) is 3.20. The zero-order valence-electron chi connectivity index (χ0n) is 19.9. The Labute approximate surface area is 218 Å². The summed E-state index contributed by atoms with van der Waals surface area (Å²) >= 11 is 7.48. The van der Waals surface area contributed by atoms with Crippen LogP contribution in [0.4, 0.5) is 0 Å². The van der Waals surface area contributed by atoms with Crippen molar-refractivity contribution >= 4 is 55.4 Å². The molecule has 11 heteroatoms. The Kier molecular flexibility index (Phi) is 6.93. The minimum absolute atomic E-state index is 0.0147. The molecule has 1 fully saturated rings. The van der Waals surface area contributed by atoms with Crippen molar-refractivity contribution in [1.29, 1.82) is 0 Å². The van der Waals surface area contributed by atoms with Crippen LogP contribution in [0.2, 0.25) is 5.02 Å². The van der Waals surface area contributed by atoms with Crippen LogP contribution in [0.25, 0.3) is 10.8 Å². The highest BCUT2D eigenvalue weighted by Crippen LogP contribution is 2.25. The molecule has 1 saturated heterocycles. The highest BCUT2D eigenvalue weighted by molar-refractivity contribution is 7.91. The lowest BCUT2D eigenvalue weighted by Gasteiger charge is -2.40. The number of nitrogens with zero attached hydrogens (tertiary/aromatic N) is 4. The number of thiazole rings is 1. The van der Waals surface area contributed by atoms with Gasteiger partial charge in [-0.1, -0.05) is 23.7 Å². The molecule has 0 bridgehead atoms. The number of piperidine rings is 1. The van der Waals surface area contributed by atoms with E-state index in [-0.39, 0.29) is 34.9 Å². The number of amides is 2. The van der Waals surface area contributed by atoms with Gasteiger partial charge in [-0.15, -0.1) is 11.3 Å². The maximum atomic E-state index is 13.0. The third-order valence-corrected chi connectivity index (χ3v) is 9.91. The fourth-order valence-corrected chi connectivity index (χ4v) is 7.32. The average molecular weight is 547 g/mol. The summed E-state index contributed by atoms with van der Waals surface area (Å²) in [6.45, 7) is 2.38. The summed E-state index contributed by atoms with van der Waals surface area (Å²) in [5.41, 5.74) is 0.673. The Balaban J connectivity index is 1.17. The van der Waals surface area contributed by atoms with E-state index >= 15 is 0 Å². The standard InChI is InChI=1S/C25H27ClN4O4S2/c1-27-25-30-12-11-29(24(32)22(30)16-35-25)20-6-9-28(10-7-20)23(31)8-13-36(33,34)21-5-3-17-14-19(26)4-2-18(17)15-21/h2-5,14-16,20H,6-13H2,1H3. The van der Waals surface area contributed by atoms with Gasteiger partial charge < -0.3 is 14.4 Å². The summed E-state index contributed by atoms with van der Waals surface area (Å²) in [6, 6.07) is 10.3.